The van der Waals surface area contributed by atoms with Crippen molar-refractivity contribution in [2.24, 2.45) is 0 Å². The Kier molecular flexibility index (Phi) is 10.5. The molecule has 0 unspecified atom stereocenters. The van der Waals surface area contributed by atoms with Crippen molar-refractivity contribution in [2.75, 3.05) is 24.7 Å². The molecule has 0 aliphatic carbocycles. The van der Waals surface area contributed by atoms with E-state index < -0.39 is 0 Å². The number of benzene rings is 1. The molecule has 0 fully saturated rings. The van der Waals surface area contributed by atoms with Crippen molar-refractivity contribution >= 4 is 24.2 Å². The van der Waals surface area contributed by atoms with Crippen molar-refractivity contribution in [3.05, 3.63) is 29.8 Å². The van der Waals surface area contributed by atoms with Gasteiger partial charge >= 0.3 is 0 Å². The molecule has 0 heterocycles. The van der Waals surface area contributed by atoms with Crippen LogP contribution in [0, 0.1) is 0 Å². The average molecular weight is 278 g/mol. The molecule has 0 saturated carbocycles. The molecule has 0 atom stereocenters. The number of hydrogen-bond donors (Lipinski definition) is 3. The smallest absolute Gasteiger partial charge is 0.120 e. The number of aromatic hydroxyl groups is 1. The number of para-hydroxylation sites is 1. The molecule has 0 aliphatic rings. The maximum Gasteiger partial charge on any atom is 0.120 e. The van der Waals surface area contributed by atoms with E-state index in [1.165, 1.54) is 0 Å². The summed E-state index contributed by atoms with van der Waals surface area (Å²) < 4.78 is 0. The Morgan fingerprint density at radius 1 is 1.18 bits per heavy atom. The van der Waals surface area contributed by atoms with Crippen LogP contribution in [-0.4, -0.2) is 34.9 Å². The summed E-state index contributed by atoms with van der Waals surface area (Å²) in [6.45, 7) is 1.90. The van der Waals surface area contributed by atoms with E-state index in [0.29, 0.717) is 12.3 Å². The highest BCUT2D eigenvalue weighted by atomic mass is 35.5. The highest BCUT2D eigenvalue weighted by molar-refractivity contribution is 7.99. The molecular weight excluding hydrogens is 258 g/mol. The molecule has 1 rings (SSSR count). The van der Waals surface area contributed by atoms with Gasteiger partial charge in [-0.1, -0.05) is 18.2 Å². The number of halogens is 1. The van der Waals surface area contributed by atoms with Gasteiger partial charge in [0, 0.05) is 31.0 Å². The molecule has 0 spiro atoms. The van der Waals surface area contributed by atoms with E-state index in [1.54, 1.807) is 6.07 Å². The molecule has 5 heteroatoms. The number of phenols is 1. The lowest BCUT2D eigenvalue weighted by molar-refractivity contribution is 0.296. The van der Waals surface area contributed by atoms with Crippen molar-refractivity contribution in [1.82, 2.24) is 5.32 Å². The third-order valence-corrected chi connectivity index (χ3v) is 3.25. The summed E-state index contributed by atoms with van der Waals surface area (Å²) in [5.41, 5.74) is 0.933. The fraction of sp³-hybridized carbons (Fsp3) is 0.500. The van der Waals surface area contributed by atoms with Gasteiger partial charge < -0.3 is 15.5 Å². The van der Waals surface area contributed by atoms with Gasteiger partial charge in [-0.15, -0.1) is 12.4 Å². The van der Waals surface area contributed by atoms with Crippen LogP contribution in [0.15, 0.2) is 24.3 Å². The first kappa shape index (κ1) is 16.6. The van der Waals surface area contributed by atoms with Crippen LogP contribution < -0.4 is 5.32 Å². The van der Waals surface area contributed by atoms with Crippen molar-refractivity contribution in [1.29, 1.82) is 0 Å². The minimum atomic E-state index is 0. The number of thioether (sulfide) groups is 1. The summed E-state index contributed by atoms with van der Waals surface area (Å²) in [4.78, 5) is 0. The van der Waals surface area contributed by atoms with Gasteiger partial charge in [0.05, 0.1) is 0 Å². The summed E-state index contributed by atoms with van der Waals surface area (Å²) in [5.74, 6) is 2.39. The SMILES string of the molecule is Cl.OCCCSCCNCc1ccccc1O. The van der Waals surface area contributed by atoms with Crippen LogP contribution in [0.4, 0.5) is 0 Å². The van der Waals surface area contributed by atoms with E-state index >= 15 is 0 Å². The van der Waals surface area contributed by atoms with Crippen LogP contribution in [0.3, 0.4) is 0 Å². The van der Waals surface area contributed by atoms with Crippen molar-refractivity contribution in [3.8, 4) is 5.75 Å². The largest absolute Gasteiger partial charge is 0.508 e. The predicted octanol–water partition coefficient (Wildman–Crippen LogP) is 2.02. The fourth-order valence-electron chi connectivity index (χ4n) is 1.30. The molecule has 17 heavy (non-hydrogen) atoms. The zero-order valence-corrected chi connectivity index (χ0v) is 11.4. The second-order valence-electron chi connectivity index (χ2n) is 3.50. The molecule has 1 aromatic carbocycles. The molecule has 3 N–H and O–H groups in total. The summed E-state index contributed by atoms with van der Waals surface area (Å²) in [7, 11) is 0. The van der Waals surface area contributed by atoms with E-state index in [0.717, 1.165) is 30.0 Å². The van der Waals surface area contributed by atoms with Gasteiger partial charge in [0.25, 0.3) is 0 Å². The molecule has 0 saturated heterocycles. The standard InChI is InChI=1S/C12H19NO2S.ClH/c14-7-3-8-16-9-6-13-10-11-4-1-2-5-12(11)15;/h1-2,4-5,13-15H,3,6-10H2;1H. The minimum Gasteiger partial charge on any atom is -0.508 e. The number of rotatable bonds is 8. The third kappa shape index (κ3) is 7.49. The average Bonchev–Trinajstić information content (AvgIpc) is 2.30. The summed E-state index contributed by atoms with van der Waals surface area (Å²) >= 11 is 1.83. The zero-order chi connectivity index (χ0) is 11.6. The highest BCUT2D eigenvalue weighted by Crippen LogP contribution is 2.14. The third-order valence-electron chi connectivity index (χ3n) is 2.18. The molecule has 0 amide bonds. The normalized spacial score (nSPS) is 9.94. The highest BCUT2D eigenvalue weighted by Gasteiger charge is 1.97. The van der Waals surface area contributed by atoms with E-state index in [-0.39, 0.29) is 19.0 Å². The van der Waals surface area contributed by atoms with Gasteiger partial charge in [-0.05, 0) is 18.2 Å². The topological polar surface area (TPSA) is 52.5 Å². The maximum absolute atomic E-state index is 9.51. The summed E-state index contributed by atoms with van der Waals surface area (Å²) in [6.07, 6.45) is 0.865. The van der Waals surface area contributed by atoms with Gasteiger partial charge in [-0.25, -0.2) is 0 Å². The van der Waals surface area contributed by atoms with Gasteiger partial charge in [-0.3, -0.25) is 0 Å². The van der Waals surface area contributed by atoms with Crippen LogP contribution in [0.2, 0.25) is 0 Å². The summed E-state index contributed by atoms with van der Waals surface area (Å²) in [5, 5.41) is 21.4. The molecule has 0 aromatic heterocycles. The Labute approximate surface area is 113 Å². The lowest BCUT2D eigenvalue weighted by Crippen LogP contribution is -2.16. The predicted molar refractivity (Wildman–Crippen MR) is 76.1 cm³/mol. The fourth-order valence-corrected chi connectivity index (χ4v) is 2.12. The van der Waals surface area contributed by atoms with Gasteiger partial charge in [0.15, 0.2) is 0 Å². The molecule has 0 radical (unpaired) electrons. The minimum absolute atomic E-state index is 0. The maximum atomic E-state index is 9.51. The number of phenolic OH excluding ortho intramolecular Hbond substituents is 1. The number of hydrogen-bond acceptors (Lipinski definition) is 4. The van der Waals surface area contributed by atoms with Gasteiger partial charge in [-0.2, -0.15) is 11.8 Å². The van der Waals surface area contributed by atoms with Crippen LogP contribution >= 0.6 is 24.2 Å². The van der Waals surface area contributed by atoms with E-state index in [2.05, 4.69) is 5.32 Å². The molecule has 98 valence electrons. The number of nitrogens with one attached hydrogen (secondary N) is 1. The monoisotopic (exact) mass is 277 g/mol. The van der Waals surface area contributed by atoms with Gasteiger partial charge in [0.2, 0.25) is 0 Å². The first-order valence-electron chi connectivity index (χ1n) is 5.51. The van der Waals surface area contributed by atoms with E-state index in [4.69, 9.17) is 5.11 Å². The van der Waals surface area contributed by atoms with Crippen LogP contribution in [-0.2, 0) is 6.54 Å². The zero-order valence-electron chi connectivity index (χ0n) is 9.76. The number of aliphatic hydroxyl groups excluding tert-OH is 1. The first-order valence-corrected chi connectivity index (χ1v) is 6.66. The van der Waals surface area contributed by atoms with Gasteiger partial charge in [0.1, 0.15) is 5.75 Å². The summed E-state index contributed by atoms with van der Waals surface area (Å²) in [6, 6.07) is 7.37. The Morgan fingerprint density at radius 3 is 2.65 bits per heavy atom. The Bertz CT molecular complexity index is 300. The molecule has 1 aromatic rings. The molecular formula is C12H20ClNO2S. The second kappa shape index (κ2) is 10.7. The second-order valence-corrected chi connectivity index (χ2v) is 4.72. The lowest BCUT2D eigenvalue weighted by atomic mass is 10.2. The van der Waals surface area contributed by atoms with Crippen molar-refractivity contribution < 1.29 is 10.2 Å². The van der Waals surface area contributed by atoms with Crippen LogP contribution in [0.1, 0.15) is 12.0 Å². The number of aliphatic hydroxyl groups is 1. The Hall–Kier alpha value is -0.420. The molecule has 0 bridgehead atoms. The van der Waals surface area contributed by atoms with Crippen molar-refractivity contribution in [3.63, 3.8) is 0 Å². The van der Waals surface area contributed by atoms with Crippen LogP contribution in [0.25, 0.3) is 0 Å². The Balaban J connectivity index is 0.00000256. The van der Waals surface area contributed by atoms with E-state index in [1.807, 2.05) is 30.0 Å². The molecule has 0 aliphatic heterocycles. The van der Waals surface area contributed by atoms with E-state index in [9.17, 15) is 5.11 Å². The first-order chi connectivity index (χ1) is 7.84. The van der Waals surface area contributed by atoms with Crippen molar-refractivity contribution in [2.45, 2.75) is 13.0 Å². The Morgan fingerprint density at radius 2 is 1.94 bits per heavy atom. The quantitative estimate of drug-likeness (QED) is 0.637. The lowest BCUT2D eigenvalue weighted by Gasteiger charge is -2.06. The van der Waals surface area contributed by atoms with Crippen LogP contribution in [0.5, 0.6) is 5.75 Å². The molecule has 3 nitrogen and oxygen atoms in total.